The third-order valence-corrected chi connectivity index (χ3v) is 4.26. The highest BCUT2D eigenvalue weighted by Gasteiger charge is 2.18. The molecule has 1 aliphatic carbocycles. The average molecular weight is 300 g/mol. The maximum atomic E-state index is 13.4. The Morgan fingerprint density at radius 3 is 2.65 bits per heavy atom. The van der Waals surface area contributed by atoms with Crippen molar-refractivity contribution in [3.8, 4) is 0 Å². The van der Waals surface area contributed by atoms with Crippen molar-refractivity contribution in [2.45, 2.75) is 44.7 Å². The molecule has 0 amide bonds. The van der Waals surface area contributed by atoms with Gasteiger partial charge in [-0.1, -0.05) is 25.3 Å². The minimum Gasteiger partial charge on any atom is -0.299 e. The van der Waals surface area contributed by atoms with Crippen LogP contribution in [0.2, 0.25) is 0 Å². The van der Waals surface area contributed by atoms with E-state index in [1.54, 1.807) is 12.1 Å². The van der Waals surface area contributed by atoms with Crippen molar-refractivity contribution in [3.05, 3.63) is 34.1 Å². The van der Waals surface area contributed by atoms with Crippen LogP contribution >= 0.6 is 15.9 Å². The zero-order valence-corrected chi connectivity index (χ0v) is 11.8. The molecule has 17 heavy (non-hydrogen) atoms. The zero-order valence-electron chi connectivity index (χ0n) is 10.3. The van der Waals surface area contributed by atoms with Crippen molar-refractivity contribution in [2.24, 2.45) is 0 Å². The first kappa shape index (κ1) is 13.0. The fourth-order valence-corrected chi connectivity index (χ4v) is 2.82. The molecule has 1 aromatic carbocycles. The lowest BCUT2D eigenvalue weighted by atomic mass is 9.94. The molecule has 1 nitrogen and oxygen atoms in total. The Labute approximate surface area is 111 Å². The molecule has 0 heterocycles. The monoisotopic (exact) mass is 299 g/mol. The minimum absolute atomic E-state index is 0.167. The van der Waals surface area contributed by atoms with Crippen molar-refractivity contribution in [2.75, 3.05) is 7.05 Å². The first-order valence-corrected chi connectivity index (χ1v) is 7.10. The van der Waals surface area contributed by atoms with Gasteiger partial charge in [-0.15, -0.1) is 0 Å². The van der Waals surface area contributed by atoms with Crippen molar-refractivity contribution in [1.29, 1.82) is 0 Å². The maximum Gasteiger partial charge on any atom is 0.137 e. The minimum atomic E-state index is -0.167. The Morgan fingerprint density at radius 1 is 1.29 bits per heavy atom. The van der Waals surface area contributed by atoms with Gasteiger partial charge in [0.1, 0.15) is 5.82 Å². The van der Waals surface area contributed by atoms with E-state index in [4.69, 9.17) is 0 Å². The summed E-state index contributed by atoms with van der Waals surface area (Å²) >= 11 is 3.18. The van der Waals surface area contributed by atoms with Gasteiger partial charge in [0.05, 0.1) is 4.47 Å². The quantitative estimate of drug-likeness (QED) is 0.802. The van der Waals surface area contributed by atoms with Gasteiger partial charge in [-0.25, -0.2) is 4.39 Å². The molecule has 0 N–H and O–H groups in total. The van der Waals surface area contributed by atoms with Crippen LogP contribution in [0.3, 0.4) is 0 Å². The molecular weight excluding hydrogens is 281 g/mol. The lowest BCUT2D eigenvalue weighted by Gasteiger charge is -2.31. The molecule has 0 unspecified atom stereocenters. The molecule has 0 aromatic heterocycles. The molecule has 0 atom stereocenters. The van der Waals surface area contributed by atoms with E-state index in [2.05, 4.69) is 27.9 Å². The van der Waals surface area contributed by atoms with Gasteiger partial charge < -0.3 is 0 Å². The number of nitrogens with zero attached hydrogens (tertiary/aromatic N) is 1. The van der Waals surface area contributed by atoms with Crippen molar-refractivity contribution < 1.29 is 4.39 Å². The highest BCUT2D eigenvalue weighted by atomic mass is 79.9. The Hall–Kier alpha value is -0.410. The topological polar surface area (TPSA) is 3.24 Å². The highest BCUT2D eigenvalue weighted by molar-refractivity contribution is 9.10. The number of hydrogen-bond acceptors (Lipinski definition) is 1. The smallest absolute Gasteiger partial charge is 0.137 e. The second-order valence-electron chi connectivity index (χ2n) is 4.96. The predicted molar refractivity (Wildman–Crippen MR) is 72.4 cm³/mol. The van der Waals surface area contributed by atoms with Gasteiger partial charge in [0.15, 0.2) is 0 Å². The summed E-state index contributed by atoms with van der Waals surface area (Å²) in [6.07, 6.45) is 6.62. The maximum absolute atomic E-state index is 13.4. The molecule has 0 spiro atoms. The molecule has 3 heteroatoms. The Bertz CT molecular complexity index is 374. The molecular formula is C14H19BrFN. The summed E-state index contributed by atoms with van der Waals surface area (Å²) < 4.78 is 13.9. The highest BCUT2D eigenvalue weighted by Crippen LogP contribution is 2.23. The van der Waals surface area contributed by atoms with E-state index in [9.17, 15) is 4.39 Å². The Balaban J connectivity index is 1.96. The van der Waals surface area contributed by atoms with Crippen LogP contribution in [0.25, 0.3) is 0 Å². The van der Waals surface area contributed by atoms with E-state index in [-0.39, 0.29) is 5.82 Å². The molecule has 1 aliphatic rings. The summed E-state index contributed by atoms with van der Waals surface area (Å²) in [5.74, 6) is -0.167. The summed E-state index contributed by atoms with van der Waals surface area (Å²) in [7, 11) is 2.15. The van der Waals surface area contributed by atoms with Crippen LogP contribution in [0.4, 0.5) is 4.39 Å². The van der Waals surface area contributed by atoms with Crippen molar-refractivity contribution in [1.82, 2.24) is 4.90 Å². The lowest BCUT2D eigenvalue weighted by molar-refractivity contribution is 0.184. The van der Waals surface area contributed by atoms with Gasteiger partial charge in [-0.2, -0.15) is 0 Å². The van der Waals surface area contributed by atoms with Gasteiger partial charge in [0, 0.05) is 12.6 Å². The molecule has 0 bridgehead atoms. The van der Waals surface area contributed by atoms with E-state index in [1.807, 2.05) is 6.07 Å². The molecule has 1 aromatic rings. The van der Waals surface area contributed by atoms with Crippen LogP contribution < -0.4 is 0 Å². The summed E-state index contributed by atoms with van der Waals surface area (Å²) in [6, 6.07) is 6.09. The van der Waals surface area contributed by atoms with E-state index in [0.29, 0.717) is 10.5 Å². The van der Waals surface area contributed by atoms with E-state index < -0.39 is 0 Å². The van der Waals surface area contributed by atoms with E-state index in [1.165, 1.54) is 32.1 Å². The van der Waals surface area contributed by atoms with Gasteiger partial charge in [0.2, 0.25) is 0 Å². The third kappa shape index (κ3) is 3.52. The molecule has 0 radical (unpaired) electrons. The SMILES string of the molecule is CN(Cc1ccc(Br)c(F)c1)C1CCCCC1. The second kappa shape index (κ2) is 5.96. The Morgan fingerprint density at radius 2 is 2.00 bits per heavy atom. The molecule has 1 fully saturated rings. The number of hydrogen-bond donors (Lipinski definition) is 0. The molecule has 94 valence electrons. The third-order valence-electron chi connectivity index (χ3n) is 3.61. The number of benzene rings is 1. The van der Waals surface area contributed by atoms with Crippen molar-refractivity contribution in [3.63, 3.8) is 0 Å². The molecule has 0 saturated heterocycles. The first-order chi connectivity index (χ1) is 8.16. The van der Waals surface area contributed by atoms with Crippen LogP contribution in [0.1, 0.15) is 37.7 Å². The van der Waals surface area contributed by atoms with Crippen LogP contribution in [-0.2, 0) is 6.54 Å². The summed E-state index contributed by atoms with van der Waals surface area (Å²) in [6.45, 7) is 0.842. The fraction of sp³-hybridized carbons (Fsp3) is 0.571. The zero-order chi connectivity index (χ0) is 12.3. The molecule has 2 rings (SSSR count). The molecule has 0 aliphatic heterocycles. The van der Waals surface area contributed by atoms with Crippen LogP contribution in [0, 0.1) is 5.82 Å². The number of rotatable bonds is 3. The van der Waals surface area contributed by atoms with Crippen LogP contribution in [0.15, 0.2) is 22.7 Å². The molecule has 1 saturated carbocycles. The number of halogens is 2. The fourth-order valence-electron chi connectivity index (χ4n) is 2.58. The van der Waals surface area contributed by atoms with Gasteiger partial charge in [0.25, 0.3) is 0 Å². The van der Waals surface area contributed by atoms with Crippen LogP contribution in [0.5, 0.6) is 0 Å². The summed E-state index contributed by atoms with van der Waals surface area (Å²) in [4.78, 5) is 2.36. The first-order valence-electron chi connectivity index (χ1n) is 6.31. The standard InChI is InChI=1S/C14H19BrFN/c1-17(12-5-3-2-4-6-12)10-11-7-8-13(15)14(16)9-11/h7-9,12H,2-6,10H2,1H3. The van der Waals surface area contributed by atoms with Crippen molar-refractivity contribution >= 4 is 15.9 Å². The van der Waals surface area contributed by atoms with E-state index >= 15 is 0 Å². The second-order valence-corrected chi connectivity index (χ2v) is 5.81. The van der Waals surface area contributed by atoms with E-state index in [0.717, 1.165) is 12.1 Å². The Kier molecular flexibility index (Phi) is 4.57. The lowest BCUT2D eigenvalue weighted by Crippen LogP contribution is -2.32. The average Bonchev–Trinajstić information content (AvgIpc) is 2.35. The summed E-state index contributed by atoms with van der Waals surface area (Å²) in [5, 5.41) is 0. The van der Waals surface area contributed by atoms with Gasteiger partial charge >= 0.3 is 0 Å². The predicted octanol–water partition coefficient (Wildman–Crippen LogP) is 4.35. The normalized spacial score (nSPS) is 17.6. The van der Waals surface area contributed by atoms with Crippen LogP contribution in [-0.4, -0.2) is 18.0 Å². The van der Waals surface area contributed by atoms with Gasteiger partial charge in [-0.05, 0) is 53.5 Å². The van der Waals surface area contributed by atoms with Gasteiger partial charge in [-0.3, -0.25) is 4.90 Å². The summed E-state index contributed by atoms with van der Waals surface area (Å²) in [5.41, 5.74) is 1.05. The largest absolute Gasteiger partial charge is 0.299 e.